The third kappa shape index (κ3) is 2.63. The predicted octanol–water partition coefficient (Wildman–Crippen LogP) is 1.07. The first kappa shape index (κ1) is 12.9. The second kappa shape index (κ2) is 4.59. The van der Waals surface area contributed by atoms with E-state index < -0.39 is 10.0 Å². The van der Waals surface area contributed by atoms with Gasteiger partial charge in [0.25, 0.3) is 0 Å². The highest BCUT2D eigenvalue weighted by molar-refractivity contribution is 7.89. The zero-order chi connectivity index (χ0) is 13.3. The van der Waals surface area contributed by atoms with Crippen LogP contribution in [0.1, 0.15) is 18.9 Å². The lowest BCUT2D eigenvalue weighted by molar-refractivity contribution is 0.575. The number of hydrogen-bond acceptors (Lipinski definition) is 4. The molecular formula is C12H15N3O2S. The van der Waals surface area contributed by atoms with Gasteiger partial charge in [-0.25, -0.2) is 13.1 Å². The van der Waals surface area contributed by atoms with Crippen LogP contribution in [0.2, 0.25) is 0 Å². The highest BCUT2D eigenvalue weighted by Crippen LogP contribution is 2.37. The molecule has 6 heteroatoms. The number of nitrogens with zero attached hydrogens (tertiary/aromatic N) is 1. The molecule has 0 amide bonds. The first-order chi connectivity index (χ1) is 8.44. The number of benzene rings is 1. The van der Waals surface area contributed by atoms with Crippen LogP contribution in [0.4, 0.5) is 5.69 Å². The largest absolute Gasteiger partial charge is 0.398 e. The molecule has 1 fully saturated rings. The van der Waals surface area contributed by atoms with Crippen molar-refractivity contribution in [3.8, 4) is 6.07 Å². The molecule has 0 aromatic heterocycles. The lowest BCUT2D eigenvalue weighted by atomic mass is 10.2. The van der Waals surface area contributed by atoms with Gasteiger partial charge >= 0.3 is 0 Å². The van der Waals surface area contributed by atoms with Gasteiger partial charge in [-0.2, -0.15) is 5.26 Å². The van der Waals surface area contributed by atoms with Crippen molar-refractivity contribution in [2.24, 2.45) is 11.8 Å². The number of nitrogens with one attached hydrogen (secondary N) is 1. The van der Waals surface area contributed by atoms with Crippen molar-refractivity contribution >= 4 is 15.7 Å². The van der Waals surface area contributed by atoms with Gasteiger partial charge in [0.2, 0.25) is 10.0 Å². The fraction of sp³-hybridized carbons (Fsp3) is 0.417. The molecule has 0 radical (unpaired) electrons. The Morgan fingerprint density at radius 2 is 2.22 bits per heavy atom. The summed E-state index contributed by atoms with van der Waals surface area (Å²) in [6.07, 6.45) is 1.06. The third-order valence-electron chi connectivity index (χ3n) is 3.24. The van der Waals surface area contributed by atoms with E-state index >= 15 is 0 Å². The Labute approximate surface area is 107 Å². The SMILES string of the molecule is CC1CC1CNS(=O)(=O)c1ccc(C#N)cc1N. The molecule has 0 spiro atoms. The predicted molar refractivity (Wildman–Crippen MR) is 68.0 cm³/mol. The molecule has 96 valence electrons. The summed E-state index contributed by atoms with van der Waals surface area (Å²) < 4.78 is 26.6. The van der Waals surface area contributed by atoms with E-state index in [0.717, 1.165) is 6.42 Å². The summed E-state index contributed by atoms with van der Waals surface area (Å²) in [6.45, 7) is 2.54. The molecule has 18 heavy (non-hydrogen) atoms. The molecule has 0 bridgehead atoms. The van der Waals surface area contributed by atoms with Gasteiger partial charge in [-0.1, -0.05) is 6.92 Å². The van der Waals surface area contributed by atoms with Gasteiger partial charge in [0.05, 0.1) is 17.3 Å². The van der Waals surface area contributed by atoms with Gasteiger partial charge in [0.1, 0.15) is 4.90 Å². The van der Waals surface area contributed by atoms with E-state index in [9.17, 15) is 8.42 Å². The average Bonchev–Trinajstić information content (AvgIpc) is 3.02. The molecular weight excluding hydrogens is 250 g/mol. The van der Waals surface area contributed by atoms with E-state index in [2.05, 4.69) is 11.6 Å². The van der Waals surface area contributed by atoms with Crippen LogP contribution in [0.15, 0.2) is 23.1 Å². The van der Waals surface area contributed by atoms with E-state index in [4.69, 9.17) is 11.0 Å². The first-order valence-corrected chi connectivity index (χ1v) is 7.21. The molecule has 2 rings (SSSR count). The minimum Gasteiger partial charge on any atom is -0.398 e. The molecule has 2 unspecified atom stereocenters. The van der Waals surface area contributed by atoms with E-state index in [1.54, 1.807) is 0 Å². The van der Waals surface area contributed by atoms with Gasteiger partial charge in [0.15, 0.2) is 0 Å². The van der Waals surface area contributed by atoms with Gasteiger partial charge in [0, 0.05) is 6.54 Å². The van der Waals surface area contributed by atoms with E-state index in [1.165, 1.54) is 18.2 Å². The molecule has 1 aromatic carbocycles. The number of sulfonamides is 1. The van der Waals surface area contributed by atoms with Crippen LogP contribution in [-0.4, -0.2) is 15.0 Å². The molecule has 0 heterocycles. The van der Waals surface area contributed by atoms with Crippen LogP contribution >= 0.6 is 0 Å². The second-order valence-electron chi connectivity index (χ2n) is 4.69. The number of nitrogen functional groups attached to an aromatic ring is 1. The van der Waals surface area contributed by atoms with Crippen molar-refractivity contribution in [1.29, 1.82) is 5.26 Å². The highest BCUT2D eigenvalue weighted by Gasteiger charge is 2.33. The maximum absolute atomic E-state index is 12.0. The van der Waals surface area contributed by atoms with Crippen LogP contribution in [0.3, 0.4) is 0 Å². The third-order valence-corrected chi connectivity index (χ3v) is 4.74. The van der Waals surface area contributed by atoms with Gasteiger partial charge < -0.3 is 5.73 Å². The summed E-state index contributed by atoms with van der Waals surface area (Å²) in [4.78, 5) is 0.0369. The van der Waals surface area contributed by atoms with Crippen molar-refractivity contribution in [3.63, 3.8) is 0 Å². The minimum absolute atomic E-state index is 0.0369. The summed E-state index contributed by atoms with van der Waals surface area (Å²) in [5.74, 6) is 1.02. The van der Waals surface area contributed by atoms with Crippen molar-refractivity contribution in [2.75, 3.05) is 12.3 Å². The Balaban J connectivity index is 2.16. The summed E-state index contributed by atoms with van der Waals surface area (Å²) in [5, 5.41) is 8.70. The van der Waals surface area contributed by atoms with Gasteiger partial charge in [-0.3, -0.25) is 0 Å². The Morgan fingerprint density at radius 1 is 1.56 bits per heavy atom. The van der Waals surface area contributed by atoms with Gasteiger partial charge in [-0.15, -0.1) is 0 Å². The Morgan fingerprint density at radius 3 is 2.72 bits per heavy atom. The molecule has 1 aliphatic carbocycles. The van der Waals surface area contributed by atoms with E-state index in [-0.39, 0.29) is 10.6 Å². The highest BCUT2D eigenvalue weighted by atomic mass is 32.2. The normalized spacial score (nSPS) is 22.4. The van der Waals surface area contributed by atoms with Crippen molar-refractivity contribution in [1.82, 2.24) is 4.72 Å². The average molecular weight is 265 g/mol. The zero-order valence-corrected chi connectivity index (χ0v) is 10.9. The molecule has 1 aromatic rings. The minimum atomic E-state index is -3.58. The quantitative estimate of drug-likeness (QED) is 0.796. The fourth-order valence-electron chi connectivity index (χ4n) is 1.84. The van der Waals surface area contributed by atoms with E-state index in [1.807, 2.05) is 6.07 Å². The second-order valence-corrected chi connectivity index (χ2v) is 6.42. The molecule has 5 nitrogen and oxygen atoms in total. The molecule has 0 aliphatic heterocycles. The number of nitrogens with two attached hydrogens (primary N) is 1. The topological polar surface area (TPSA) is 96.0 Å². The van der Waals surface area contributed by atoms with Crippen molar-refractivity contribution in [2.45, 2.75) is 18.2 Å². The molecule has 1 saturated carbocycles. The summed E-state index contributed by atoms with van der Waals surface area (Å²) in [5.41, 5.74) is 6.11. The maximum atomic E-state index is 12.0. The monoisotopic (exact) mass is 265 g/mol. The van der Waals surface area contributed by atoms with Crippen molar-refractivity contribution in [3.05, 3.63) is 23.8 Å². The lowest BCUT2D eigenvalue weighted by Gasteiger charge is -2.08. The number of hydrogen-bond donors (Lipinski definition) is 2. The Bertz CT molecular complexity index is 604. The molecule has 3 N–H and O–H groups in total. The maximum Gasteiger partial charge on any atom is 0.242 e. The van der Waals surface area contributed by atoms with Crippen molar-refractivity contribution < 1.29 is 8.42 Å². The lowest BCUT2D eigenvalue weighted by Crippen LogP contribution is -2.27. The molecule has 2 atom stereocenters. The number of rotatable bonds is 4. The standard InChI is InChI=1S/C12H15N3O2S/c1-8-4-10(8)7-15-18(16,17)12-3-2-9(6-13)5-11(12)14/h2-3,5,8,10,15H,4,7,14H2,1H3. The van der Waals surface area contributed by atoms with Crippen LogP contribution in [0.5, 0.6) is 0 Å². The first-order valence-electron chi connectivity index (χ1n) is 5.73. The zero-order valence-electron chi connectivity index (χ0n) is 10.1. The van der Waals surface area contributed by atoms with Gasteiger partial charge in [-0.05, 0) is 36.5 Å². The fourth-order valence-corrected chi connectivity index (χ4v) is 3.05. The number of anilines is 1. The smallest absolute Gasteiger partial charge is 0.242 e. The van der Waals surface area contributed by atoms with Crippen LogP contribution < -0.4 is 10.5 Å². The van der Waals surface area contributed by atoms with E-state index in [0.29, 0.717) is 23.9 Å². The molecule has 0 saturated heterocycles. The molecule has 1 aliphatic rings. The summed E-state index contributed by atoms with van der Waals surface area (Å²) in [7, 11) is -3.58. The van der Waals surface area contributed by atoms with Crippen LogP contribution in [-0.2, 0) is 10.0 Å². The Hall–Kier alpha value is -1.58. The summed E-state index contributed by atoms with van der Waals surface area (Å²) in [6, 6.07) is 6.10. The van der Waals surface area contributed by atoms with Crippen LogP contribution in [0.25, 0.3) is 0 Å². The Kier molecular flexibility index (Phi) is 3.28. The summed E-state index contributed by atoms with van der Waals surface area (Å²) >= 11 is 0. The van der Waals surface area contributed by atoms with Crippen LogP contribution in [0, 0.1) is 23.2 Å². The number of nitriles is 1.